The fourth-order valence-corrected chi connectivity index (χ4v) is 2.19. The minimum atomic E-state index is -6.68. The van der Waals surface area contributed by atoms with Crippen LogP contribution in [0.5, 0.6) is 0 Å². The first-order chi connectivity index (χ1) is 12.0. The molecule has 0 heterocycles. The smallest absolute Gasteiger partial charge is 0.398 e. The molecule has 4 nitrogen and oxygen atoms in total. The maximum atomic E-state index is 12.9. The van der Waals surface area contributed by atoms with Crippen LogP contribution in [-0.2, 0) is 11.2 Å². The third kappa shape index (κ3) is 3.27. The highest BCUT2D eigenvalue weighted by molar-refractivity contribution is 5.65. The zero-order valence-corrected chi connectivity index (χ0v) is 12.7. The van der Waals surface area contributed by atoms with Crippen LogP contribution in [0.2, 0.25) is 0 Å². The number of benzene rings is 1. The average molecular weight is 440 g/mol. The van der Waals surface area contributed by atoms with E-state index in [2.05, 4.69) is 0 Å². The van der Waals surface area contributed by atoms with E-state index < -0.39 is 64.5 Å². The summed E-state index contributed by atoms with van der Waals surface area (Å²) in [5.41, 5.74) is -11.0. The Morgan fingerprint density at radius 2 is 0.714 bits per heavy atom. The van der Waals surface area contributed by atoms with Crippen molar-refractivity contribution < 1.29 is 62.9 Å². The quantitative estimate of drug-likeness (QED) is 0.419. The molecule has 0 aliphatic rings. The third-order valence-electron chi connectivity index (χ3n) is 3.64. The highest BCUT2D eigenvalue weighted by Crippen LogP contribution is 2.56. The first kappa shape index (κ1) is 23.9. The van der Waals surface area contributed by atoms with Gasteiger partial charge in [0.1, 0.15) is 0 Å². The van der Waals surface area contributed by atoms with E-state index in [4.69, 9.17) is 11.5 Å². The number of rotatable bonds is 2. The van der Waals surface area contributed by atoms with Gasteiger partial charge in [-0.3, -0.25) is 0 Å². The maximum absolute atomic E-state index is 12.9. The van der Waals surface area contributed by atoms with Crippen molar-refractivity contribution in [1.29, 1.82) is 0 Å². The molecule has 162 valence electrons. The number of aliphatic hydroxyl groups is 2. The van der Waals surface area contributed by atoms with Gasteiger partial charge in [-0.05, 0) is 12.1 Å². The van der Waals surface area contributed by atoms with Crippen LogP contribution in [0.4, 0.5) is 64.1 Å². The van der Waals surface area contributed by atoms with Crippen LogP contribution < -0.4 is 11.5 Å². The molecule has 0 spiro atoms. The van der Waals surface area contributed by atoms with Crippen molar-refractivity contribution in [1.82, 2.24) is 0 Å². The van der Waals surface area contributed by atoms with Gasteiger partial charge in [0.15, 0.2) is 0 Å². The van der Waals surface area contributed by atoms with Crippen LogP contribution in [0.3, 0.4) is 0 Å². The summed E-state index contributed by atoms with van der Waals surface area (Å²) in [5.74, 6) is 0. The average Bonchev–Trinajstić information content (AvgIpc) is 2.41. The summed E-state index contributed by atoms with van der Waals surface area (Å²) in [6.45, 7) is 0. The molecular formula is C12H8F12N2O2. The number of anilines is 2. The van der Waals surface area contributed by atoms with Gasteiger partial charge < -0.3 is 21.7 Å². The summed E-state index contributed by atoms with van der Waals surface area (Å²) in [5, 5.41) is 18.4. The van der Waals surface area contributed by atoms with Crippen molar-refractivity contribution in [2.24, 2.45) is 0 Å². The number of nitrogen functional groups attached to an aromatic ring is 2. The van der Waals surface area contributed by atoms with Crippen LogP contribution in [-0.4, -0.2) is 34.9 Å². The second-order valence-electron chi connectivity index (χ2n) is 5.44. The number of halogens is 12. The van der Waals surface area contributed by atoms with Crippen LogP contribution in [0.25, 0.3) is 0 Å². The van der Waals surface area contributed by atoms with Gasteiger partial charge in [-0.2, -0.15) is 52.7 Å². The topological polar surface area (TPSA) is 92.5 Å². The first-order valence-corrected chi connectivity index (χ1v) is 6.45. The summed E-state index contributed by atoms with van der Waals surface area (Å²) < 4.78 is 155. The van der Waals surface area contributed by atoms with Gasteiger partial charge >= 0.3 is 24.7 Å². The van der Waals surface area contributed by atoms with Gasteiger partial charge in [-0.1, -0.05) is 0 Å². The Balaban J connectivity index is 4.08. The van der Waals surface area contributed by atoms with Crippen LogP contribution in [0, 0.1) is 0 Å². The third-order valence-corrected chi connectivity index (χ3v) is 3.64. The standard InChI is InChI=1S/C12H8F12N2O2/c13-9(14,15)7(27,10(16,17)18)3-1-4(6(26)2-5(3)25)8(28,11(19,20)21)12(22,23)24/h1-2,27-28H,25-26H2. The Morgan fingerprint density at radius 3 is 0.893 bits per heavy atom. The second kappa shape index (κ2) is 6.20. The Kier molecular flexibility index (Phi) is 5.30. The molecule has 0 saturated carbocycles. The molecule has 0 bridgehead atoms. The molecule has 6 N–H and O–H groups in total. The van der Waals surface area contributed by atoms with E-state index in [1.807, 2.05) is 0 Å². The lowest BCUT2D eigenvalue weighted by Gasteiger charge is -2.37. The van der Waals surface area contributed by atoms with E-state index >= 15 is 0 Å². The number of hydrogen-bond donors (Lipinski definition) is 4. The predicted molar refractivity (Wildman–Crippen MR) is 67.3 cm³/mol. The molecular weight excluding hydrogens is 432 g/mol. The van der Waals surface area contributed by atoms with Gasteiger partial charge in [0, 0.05) is 22.5 Å². The van der Waals surface area contributed by atoms with Crippen LogP contribution in [0.1, 0.15) is 11.1 Å². The van der Waals surface area contributed by atoms with E-state index in [-0.39, 0.29) is 6.07 Å². The van der Waals surface area contributed by atoms with E-state index in [0.717, 1.165) is 0 Å². The highest BCUT2D eigenvalue weighted by Gasteiger charge is 2.74. The number of alkyl halides is 12. The molecule has 0 aliphatic heterocycles. The summed E-state index contributed by atoms with van der Waals surface area (Å²) in [6, 6.07) is -1.35. The highest BCUT2D eigenvalue weighted by atomic mass is 19.4. The second-order valence-corrected chi connectivity index (χ2v) is 5.44. The normalized spacial score (nSPS) is 15.1. The summed E-state index contributed by atoms with van der Waals surface area (Å²) in [6.07, 6.45) is -26.7. The Morgan fingerprint density at radius 1 is 0.500 bits per heavy atom. The molecule has 1 rings (SSSR count). The molecule has 0 aliphatic carbocycles. The lowest BCUT2D eigenvalue weighted by molar-refractivity contribution is -0.378. The zero-order valence-electron chi connectivity index (χ0n) is 12.7. The van der Waals surface area contributed by atoms with Gasteiger partial charge in [0.2, 0.25) is 0 Å². The number of hydrogen-bond acceptors (Lipinski definition) is 4. The lowest BCUT2D eigenvalue weighted by Crippen LogP contribution is -2.56. The Labute approximate surface area is 146 Å². The van der Waals surface area contributed by atoms with Crippen molar-refractivity contribution >= 4 is 11.4 Å². The van der Waals surface area contributed by atoms with Crippen molar-refractivity contribution in [3.8, 4) is 0 Å². The summed E-state index contributed by atoms with van der Waals surface area (Å²) in [4.78, 5) is 0. The van der Waals surface area contributed by atoms with Gasteiger partial charge in [0.25, 0.3) is 11.2 Å². The molecule has 1 aromatic rings. The van der Waals surface area contributed by atoms with Crippen LogP contribution in [0.15, 0.2) is 12.1 Å². The van der Waals surface area contributed by atoms with Crippen molar-refractivity contribution in [3.63, 3.8) is 0 Å². The van der Waals surface area contributed by atoms with Crippen LogP contribution >= 0.6 is 0 Å². The molecule has 16 heteroatoms. The molecule has 0 fully saturated rings. The molecule has 0 aromatic heterocycles. The van der Waals surface area contributed by atoms with Gasteiger partial charge in [-0.15, -0.1) is 0 Å². The van der Waals surface area contributed by atoms with E-state index in [0.29, 0.717) is 0 Å². The van der Waals surface area contributed by atoms with E-state index in [1.165, 1.54) is 0 Å². The minimum Gasteiger partial charge on any atom is -0.398 e. The maximum Gasteiger partial charge on any atom is 0.430 e. The molecule has 0 saturated heterocycles. The number of nitrogens with two attached hydrogens (primary N) is 2. The molecule has 0 radical (unpaired) electrons. The van der Waals surface area contributed by atoms with Crippen molar-refractivity contribution in [3.05, 3.63) is 23.3 Å². The Hall–Kier alpha value is -2.10. The fraction of sp³-hybridized carbons (Fsp3) is 0.500. The lowest BCUT2D eigenvalue weighted by atomic mass is 9.83. The predicted octanol–water partition coefficient (Wildman–Crippen LogP) is 3.48. The van der Waals surface area contributed by atoms with Crippen molar-refractivity contribution in [2.45, 2.75) is 35.9 Å². The zero-order chi connectivity index (χ0) is 22.7. The monoisotopic (exact) mass is 440 g/mol. The molecule has 1 aromatic carbocycles. The molecule has 0 amide bonds. The van der Waals surface area contributed by atoms with Gasteiger partial charge in [0.05, 0.1) is 0 Å². The van der Waals surface area contributed by atoms with Gasteiger partial charge in [-0.25, -0.2) is 0 Å². The minimum absolute atomic E-state index is 0.310. The Bertz CT molecular complexity index is 660. The summed E-state index contributed by atoms with van der Waals surface area (Å²) in [7, 11) is 0. The van der Waals surface area contributed by atoms with E-state index in [9.17, 15) is 62.9 Å². The largest absolute Gasteiger partial charge is 0.430 e. The molecule has 0 atom stereocenters. The SMILES string of the molecule is Nc1cc(N)c(C(O)(C(F)(F)F)C(F)(F)F)cc1C(O)(C(F)(F)F)C(F)(F)F. The molecule has 28 heavy (non-hydrogen) atoms. The fourth-order valence-electron chi connectivity index (χ4n) is 2.19. The molecule has 0 unspecified atom stereocenters. The van der Waals surface area contributed by atoms with Crippen molar-refractivity contribution in [2.75, 3.05) is 11.5 Å². The van der Waals surface area contributed by atoms with E-state index in [1.54, 1.807) is 0 Å². The first-order valence-electron chi connectivity index (χ1n) is 6.45. The summed E-state index contributed by atoms with van der Waals surface area (Å²) >= 11 is 0.